The molecule has 1 aromatic carbocycles. The molecule has 0 unspecified atom stereocenters. The summed E-state index contributed by atoms with van der Waals surface area (Å²) in [4.78, 5) is 11.3. The maximum absolute atomic E-state index is 11.3. The van der Waals surface area contributed by atoms with Gasteiger partial charge in [0.25, 0.3) is 5.91 Å². The Morgan fingerprint density at radius 1 is 1.53 bits per heavy atom. The van der Waals surface area contributed by atoms with E-state index in [0.717, 1.165) is 30.8 Å². The standard InChI is InChI=1S/C13H18N2O2/c1-2-14-13(16)9-17-12-7-3-6-11-10(12)5-4-8-15-11/h3,6-7,15H,2,4-5,8-9H2,1H3,(H,14,16). The van der Waals surface area contributed by atoms with Gasteiger partial charge in [-0.2, -0.15) is 0 Å². The third-order valence-corrected chi connectivity index (χ3v) is 2.78. The number of carbonyl (C=O) groups excluding carboxylic acids is 1. The molecular weight excluding hydrogens is 216 g/mol. The van der Waals surface area contributed by atoms with E-state index in [1.807, 2.05) is 25.1 Å². The Kier molecular flexibility index (Phi) is 3.85. The normalized spacial score (nSPS) is 13.5. The van der Waals surface area contributed by atoms with Crippen molar-refractivity contribution in [2.45, 2.75) is 19.8 Å². The van der Waals surface area contributed by atoms with Gasteiger partial charge in [-0.25, -0.2) is 0 Å². The zero-order valence-corrected chi connectivity index (χ0v) is 10.1. The highest BCUT2D eigenvalue weighted by molar-refractivity contribution is 5.77. The molecule has 0 saturated carbocycles. The number of rotatable bonds is 4. The molecule has 1 aromatic rings. The first-order valence-electron chi connectivity index (χ1n) is 6.06. The SMILES string of the molecule is CCNC(=O)COc1cccc2c1CCCN2. The van der Waals surface area contributed by atoms with Gasteiger partial charge in [-0.15, -0.1) is 0 Å². The monoisotopic (exact) mass is 234 g/mol. The van der Waals surface area contributed by atoms with Crippen LogP contribution in [-0.2, 0) is 11.2 Å². The first kappa shape index (κ1) is 11.8. The minimum absolute atomic E-state index is 0.0751. The molecule has 2 N–H and O–H groups in total. The van der Waals surface area contributed by atoms with E-state index in [1.165, 1.54) is 5.56 Å². The van der Waals surface area contributed by atoms with E-state index in [1.54, 1.807) is 0 Å². The van der Waals surface area contributed by atoms with Crippen LogP contribution in [0.2, 0.25) is 0 Å². The van der Waals surface area contributed by atoms with Crippen molar-refractivity contribution in [3.63, 3.8) is 0 Å². The Labute approximate surface area is 101 Å². The molecule has 0 spiro atoms. The van der Waals surface area contributed by atoms with Gasteiger partial charge in [-0.3, -0.25) is 4.79 Å². The molecule has 1 heterocycles. The number of amides is 1. The highest BCUT2D eigenvalue weighted by Gasteiger charge is 2.13. The summed E-state index contributed by atoms with van der Waals surface area (Å²) in [5.74, 6) is 0.745. The quantitative estimate of drug-likeness (QED) is 0.831. The number of ether oxygens (including phenoxy) is 1. The Hall–Kier alpha value is -1.71. The van der Waals surface area contributed by atoms with Crippen molar-refractivity contribution < 1.29 is 9.53 Å². The summed E-state index contributed by atoms with van der Waals surface area (Å²) in [6.07, 6.45) is 2.11. The topological polar surface area (TPSA) is 50.4 Å². The number of hydrogen-bond acceptors (Lipinski definition) is 3. The summed E-state index contributed by atoms with van der Waals surface area (Å²) < 4.78 is 5.57. The number of nitrogens with one attached hydrogen (secondary N) is 2. The molecule has 0 fully saturated rings. The van der Waals surface area contributed by atoms with Crippen LogP contribution in [0.25, 0.3) is 0 Å². The highest BCUT2D eigenvalue weighted by atomic mass is 16.5. The summed E-state index contributed by atoms with van der Waals surface area (Å²) in [6, 6.07) is 5.92. The summed E-state index contributed by atoms with van der Waals surface area (Å²) >= 11 is 0. The summed E-state index contributed by atoms with van der Waals surface area (Å²) in [7, 11) is 0. The van der Waals surface area contributed by atoms with E-state index >= 15 is 0 Å². The van der Waals surface area contributed by atoms with Gasteiger partial charge in [0.1, 0.15) is 5.75 Å². The molecule has 1 aliphatic rings. The number of carbonyl (C=O) groups is 1. The lowest BCUT2D eigenvalue weighted by molar-refractivity contribution is -0.122. The average Bonchev–Trinajstić information content (AvgIpc) is 2.36. The molecular formula is C13H18N2O2. The van der Waals surface area contributed by atoms with Gasteiger partial charge in [0.15, 0.2) is 6.61 Å². The van der Waals surface area contributed by atoms with Crippen molar-refractivity contribution in [3.8, 4) is 5.75 Å². The van der Waals surface area contributed by atoms with Crippen molar-refractivity contribution in [2.75, 3.05) is 25.0 Å². The van der Waals surface area contributed by atoms with Gasteiger partial charge in [-0.1, -0.05) is 6.07 Å². The average molecular weight is 234 g/mol. The van der Waals surface area contributed by atoms with Crippen LogP contribution in [0.1, 0.15) is 18.9 Å². The predicted molar refractivity (Wildman–Crippen MR) is 67.4 cm³/mol. The molecule has 1 amide bonds. The molecule has 2 rings (SSSR count). The molecule has 0 radical (unpaired) electrons. The van der Waals surface area contributed by atoms with E-state index in [0.29, 0.717) is 6.54 Å². The second kappa shape index (κ2) is 5.57. The van der Waals surface area contributed by atoms with Crippen LogP contribution in [0.5, 0.6) is 5.75 Å². The van der Waals surface area contributed by atoms with Crippen molar-refractivity contribution in [1.29, 1.82) is 0 Å². The molecule has 0 atom stereocenters. The van der Waals surface area contributed by atoms with E-state index in [4.69, 9.17) is 4.74 Å². The minimum atomic E-state index is -0.0751. The number of hydrogen-bond donors (Lipinski definition) is 2. The largest absolute Gasteiger partial charge is 0.483 e. The van der Waals surface area contributed by atoms with E-state index in [-0.39, 0.29) is 12.5 Å². The smallest absolute Gasteiger partial charge is 0.257 e. The predicted octanol–water partition coefficient (Wildman–Crippen LogP) is 1.56. The molecule has 0 saturated heterocycles. The van der Waals surface area contributed by atoms with Crippen molar-refractivity contribution in [2.24, 2.45) is 0 Å². The van der Waals surface area contributed by atoms with E-state index in [9.17, 15) is 4.79 Å². The molecule has 92 valence electrons. The fraction of sp³-hybridized carbons (Fsp3) is 0.462. The molecule has 0 aliphatic carbocycles. The Morgan fingerprint density at radius 3 is 3.24 bits per heavy atom. The van der Waals surface area contributed by atoms with Crippen LogP contribution in [0.15, 0.2) is 18.2 Å². The molecule has 4 heteroatoms. The first-order valence-corrected chi connectivity index (χ1v) is 6.06. The fourth-order valence-corrected chi connectivity index (χ4v) is 2.00. The molecule has 17 heavy (non-hydrogen) atoms. The van der Waals surface area contributed by atoms with Gasteiger partial charge in [-0.05, 0) is 31.9 Å². The van der Waals surface area contributed by atoms with Crippen LogP contribution in [0.3, 0.4) is 0 Å². The van der Waals surface area contributed by atoms with Crippen LogP contribution < -0.4 is 15.4 Å². The fourth-order valence-electron chi connectivity index (χ4n) is 2.00. The van der Waals surface area contributed by atoms with E-state index in [2.05, 4.69) is 10.6 Å². The Balaban J connectivity index is 2.03. The van der Waals surface area contributed by atoms with E-state index < -0.39 is 0 Å². The summed E-state index contributed by atoms with van der Waals surface area (Å²) in [6.45, 7) is 3.62. The summed E-state index contributed by atoms with van der Waals surface area (Å²) in [5.41, 5.74) is 2.31. The van der Waals surface area contributed by atoms with Gasteiger partial charge in [0.2, 0.25) is 0 Å². The lowest BCUT2D eigenvalue weighted by atomic mass is 10.0. The van der Waals surface area contributed by atoms with Crippen LogP contribution in [-0.4, -0.2) is 25.6 Å². The zero-order valence-electron chi connectivity index (χ0n) is 10.1. The minimum Gasteiger partial charge on any atom is -0.483 e. The molecule has 0 bridgehead atoms. The van der Waals surface area contributed by atoms with Crippen molar-refractivity contribution in [1.82, 2.24) is 5.32 Å². The highest BCUT2D eigenvalue weighted by Crippen LogP contribution is 2.30. The number of anilines is 1. The number of fused-ring (bicyclic) bond motifs is 1. The van der Waals surface area contributed by atoms with Crippen molar-refractivity contribution >= 4 is 11.6 Å². The second-order valence-electron chi connectivity index (χ2n) is 4.05. The van der Waals surface area contributed by atoms with Crippen LogP contribution in [0.4, 0.5) is 5.69 Å². The first-order chi connectivity index (χ1) is 8.31. The van der Waals surface area contributed by atoms with Gasteiger partial charge in [0, 0.05) is 24.3 Å². The number of benzene rings is 1. The Morgan fingerprint density at radius 2 is 2.41 bits per heavy atom. The third-order valence-electron chi connectivity index (χ3n) is 2.78. The van der Waals surface area contributed by atoms with Gasteiger partial charge >= 0.3 is 0 Å². The maximum atomic E-state index is 11.3. The van der Waals surface area contributed by atoms with Gasteiger partial charge in [0.05, 0.1) is 0 Å². The van der Waals surface area contributed by atoms with Crippen molar-refractivity contribution in [3.05, 3.63) is 23.8 Å². The Bertz CT molecular complexity index is 404. The molecule has 4 nitrogen and oxygen atoms in total. The summed E-state index contributed by atoms with van der Waals surface area (Å²) in [5, 5.41) is 6.05. The lowest BCUT2D eigenvalue weighted by Gasteiger charge is -2.20. The third kappa shape index (κ3) is 2.90. The molecule has 0 aromatic heterocycles. The van der Waals surface area contributed by atoms with Crippen LogP contribution in [0, 0.1) is 0 Å². The molecule has 1 aliphatic heterocycles. The van der Waals surface area contributed by atoms with Gasteiger partial charge < -0.3 is 15.4 Å². The second-order valence-corrected chi connectivity index (χ2v) is 4.05. The lowest BCUT2D eigenvalue weighted by Crippen LogP contribution is -2.28. The number of likely N-dealkylation sites (N-methyl/N-ethyl adjacent to an activating group) is 1. The maximum Gasteiger partial charge on any atom is 0.257 e. The van der Waals surface area contributed by atoms with Crippen LogP contribution >= 0.6 is 0 Å². The zero-order chi connectivity index (χ0) is 12.1.